The molecule has 0 fully saturated rings. The van der Waals surface area contributed by atoms with Crippen molar-refractivity contribution in [3.63, 3.8) is 0 Å². The maximum atomic E-state index is 11.6. The van der Waals surface area contributed by atoms with Crippen LogP contribution in [0.2, 0.25) is 0 Å². The zero-order chi connectivity index (χ0) is 14.1. The Morgan fingerprint density at radius 2 is 1.84 bits per heavy atom. The smallest absolute Gasteiger partial charge is 0.211 e. The van der Waals surface area contributed by atoms with E-state index in [1.807, 2.05) is 31.3 Å². The molecule has 1 aromatic carbocycles. The lowest BCUT2D eigenvalue weighted by Crippen LogP contribution is -2.29. The average Bonchev–Trinajstić information content (AvgIpc) is 2.39. The van der Waals surface area contributed by atoms with Gasteiger partial charge >= 0.3 is 0 Å². The van der Waals surface area contributed by atoms with Crippen LogP contribution in [0.5, 0.6) is 5.75 Å². The SMILES string of the molecule is CNCCCS(=O)(=O)NCCc1ccc(OC)cc1. The Labute approximate surface area is 115 Å². The molecule has 0 spiro atoms. The van der Waals surface area contributed by atoms with E-state index in [1.165, 1.54) is 0 Å². The highest BCUT2D eigenvalue weighted by Crippen LogP contribution is 2.11. The minimum atomic E-state index is -3.15. The predicted molar refractivity (Wildman–Crippen MR) is 77.0 cm³/mol. The third kappa shape index (κ3) is 6.56. The Balaban J connectivity index is 2.32. The summed E-state index contributed by atoms with van der Waals surface area (Å²) in [5.74, 6) is 0.965. The van der Waals surface area contributed by atoms with E-state index >= 15 is 0 Å². The van der Waals surface area contributed by atoms with Crippen molar-refractivity contribution in [2.75, 3.05) is 33.0 Å². The van der Waals surface area contributed by atoms with Crippen molar-refractivity contribution in [2.45, 2.75) is 12.8 Å². The molecular weight excluding hydrogens is 264 g/mol. The maximum Gasteiger partial charge on any atom is 0.211 e. The topological polar surface area (TPSA) is 67.4 Å². The highest BCUT2D eigenvalue weighted by molar-refractivity contribution is 7.89. The molecule has 6 heteroatoms. The fourth-order valence-electron chi connectivity index (χ4n) is 1.65. The third-order valence-corrected chi connectivity index (χ3v) is 4.20. The van der Waals surface area contributed by atoms with Crippen LogP contribution in [0.1, 0.15) is 12.0 Å². The number of rotatable bonds is 9. The van der Waals surface area contributed by atoms with Crippen molar-refractivity contribution < 1.29 is 13.2 Å². The Hall–Kier alpha value is -1.11. The van der Waals surface area contributed by atoms with E-state index < -0.39 is 10.0 Å². The van der Waals surface area contributed by atoms with Crippen LogP contribution in [0.15, 0.2) is 24.3 Å². The molecule has 0 saturated carbocycles. The van der Waals surface area contributed by atoms with Gasteiger partial charge in [0.1, 0.15) is 5.75 Å². The summed E-state index contributed by atoms with van der Waals surface area (Å²) in [6.07, 6.45) is 1.30. The molecule has 0 amide bonds. The number of ether oxygens (including phenoxy) is 1. The molecule has 5 nitrogen and oxygen atoms in total. The van der Waals surface area contributed by atoms with Crippen molar-refractivity contribution in [1.82, 2.24) is 10.0 Å². The maximum absolute atomic E-state index is 11.6. The number of hydrogen-bond donors (Lipinski definition) is 2. The fourth-order valence-corrected chi connectivity index (χ4v) is 2.74. The Kier molecular flexibility index (Phi) is 6.83. The van der Waals surface area contributed by atoms with Crippen LogP contribution in [-0.4, -0.2) is 41.4 Å². The number of sulfonamides is 1. The number of methoxy groups -OCH3 is 1. The molecule has 0 saturated heterocycles. The Bertz CT molecular complexity index is 457. The van der Waals surface area contributed by atoms with Gasteiger partial charge in [-0.05, 0) is 44.1 Å². The normalized spacial score (nSPS) is 11.5. The first-order chi connectivity index (χ1) is 9.07. The predicted octanol–water partition coefficient (Wildman–Crippen LogP) is 0.767. The molecule has 0 aliphatic rings. The minimum Gasteiger partial charge on any atom is -0.497 e. The second-order valence-electron chi connectivity index (χ2n) is 4.27. The van der Waals surface area contributed by atoms with Crippen molar-refractivity contribution >= 4 is 10.0 Å². The van der Waals surface area contributed by atoms with Crippen molar-refractivity contribution in [2.24, 2.45) is 0 Å². The summed E-state index contributed by atoms with van der Waals surface area (Å²) in [4.78, 5) is 0. The molecule has 0 atom stereocenters. The van der Waals surface area contributed by atoms with Gasteiger partial charge in [-0.3, -0.25) is 0 Å². The van der Waals surface area contributed by atoms with E-state index in [0.29, 0.717) is 25.9 Å². The summed E-state index contributed by atoms with van der Waals surface area (Å²) in [7, 11) is 0.277. The first-order valence-corrected chi connectivity index (χ1v) is 7.97. The first kappa shape index (κ1) is 15.9. The minimum absolute atomic E-state index is 0.163. The van der Waals surface area contributed by atoms with Crippen LogP contribution >= 0.6 is 0 Å². The van der Waals surface area contributed by atoms with E-state index in [0.717, 1.165) is 11.3 Å². The zero-order valence-corrected chi connectivity index (χ0v) is 12.3. The number of nitrogens with one attached hydrogen (secondary N) is 2. The monoisotopic (exact) mass is 286 g/mol. The highest BCUT2D eigenvalue weighted by Gasteiger charge is 2.08. The summed E-state index contributed by atoms with van der Waals surface area (Å²) in [6, 6.07) is 7.62. The molecule has 108 valence electrons. The lowest BCUT2D eigenvalue weighted by molar-refractivity contribution is 0.414. The Morgan fingerprint density at radius 1 is 1.16 bits per heavy atom. The van der Waals surface area contributed by atoms with Gasteiger partial charge in [-0.1, -0.05) is 12.1 Å². The van der Waals surface area contributed by atoms with Gasteiger partial charge in [0.05, 0.1) is 12.9 Å². The molecule has 0 heterocycles. The zero-order valence-electron chi connectivity index (χ0n) is 11.5. The molecule has 2 N–H and O–H groups in total. The van der Waals surface area contributed by atoms with Gasteiger partial charge in [0.15, 0.2) is 0 Å². The van der Waals surface area contributed by atoms with Gasteiger partial charge in [-0.25, -0.2) is 13.1 Å². The van der Waals surface area contributed by atoms with Crippen LogP contribution in [0.3, 0.4) is 0 Å². The van der Waals surface area contributed by atoms with Crippen LogP contribution in [0, 0.1) is 0 Å². The van der Waals surface area contributed by atoms with Crippen molar-refractivity contribution in [1.29, 1.82) is 0 Å². The quantitative estimate of drug-likeness (QED) is 0.658. The fraction of sp³-hybridized carbons (Fsp3) is 0.538. The first-order valence-electron chi connectivity index (χ1n) is 6.32. The van der Waals surface area contributed by atoms with E-state index in [9.17, 15) is 8.42 Å². The number of hydrogen-bond acceptors (Lipinski definition) is 4. The largest absolute Gasteiger partial charge is 0.497 e. The molecule has 0 unspecified atom stereocenters. The molecule has 19 heavy (non-hydrogen) atoms. The average molecular weight is 286 g/mol. The molecule has 0 bridgehead atoms. The van der Waals surface area contributed by atoms with Crippen LogP contribution in [-0.2, 0) is 16.4 Å². The second kappa shape index (κ2) is 8.14. The summed E-state index contributed by atoms with van der Waals surface area (Å²) in [5, 5.41) is 2.93. The summed E-state index contributed by atoms with van der Waals surface area (Å²) in [5.41, 5.74) is 1.08. The summed E-state index contributed by atoms with van der Waals surface area (Å²) < 4.78 is 30.9. The lowest BCUT2D eigenvalue weighted by atomic mass is 10.1. The van der Waals surface area contributed by atoms with Crippen LogP contribution in [0.25, 0.3) is 0 Å². The van der Waals surface area contributed by atoms with E-state index in [4.69, 9.17) is 4.74 Å². The van der Waals surface area contributed by atoms with Gasteiger partial charge in [0, 0.05) is 6.54 Å². The van der Waals surface area contributed by atoms with Crippen LogP contribution in [0.4, 0.5) is 0 Å². The molecule has 0 aromatic heterocycles. The molecule has 0 radical (unpaired) electrons. The lowest BCUT2D eigenvalue weighted by Gasteiger charge is -2.07. The second-order valence-corrected chi connectivity index (χ2v) is 6.19. The number of benzene rings is 1. The highest BCUT2D eigenvalue weighted by atomic mass is 32.2. The molecule has 1 rings (SSSR count). The summed E-state index contributed by atoms with van der Waals surface area (Å²) >= 11 is 0. The van der Waals surface area contributed by atoms with Crippen LogP contribution < -0.4 is 14.8 Å². The molecule has 0 aliphatic heterocycles. The summed E-state index contributed by atoms with van der Waals surface area (Å²) in [6.45, 7) is 1.13. The third-order valence-electron chi connectivity index (χ3n) is 2.73. The van der Waals surface area contributed by atoms with Gasteiger partial charge < -0.3 is 10.1 Å². The molecule has 1 aromatic rings. The standard InChI is InChI=1S/C13H22N2O3S/c1-14-9-3-11-19(16,17)15-10-8-12-4-6-13(18-2)7-5-12/h4-7,14-15H,3,8-11H2,1-2H3. The van der Waals surface area contributed by atoms with E-state index in [1.54, 1.807) is 7.11 Å². The Morgan fingerprint density at radius 3 is 2.42 bits per heavy atom. The van der Waals surface area contributed by atoms with E-state index in [2.05, 4.69) is 10.0 Å². The van der Waals surface area contributed by atoms with Gasteiger partial charge in [0.2, 0.25) is 10.0 Å². The van der Waals surface area contributed by atoms with Crippen molar-refractivity contribution in [3.8, 4) is 5.75 Å². The van der Waals surface area contributed by atoms with Crippen molar-refractivity contribution in [3.05, 3.63) is 29.8 Å². The molecule has 0 aliphatic carbocycles. The van der Waals surface area contributed by atoms with Gasteiger partial charge in [-0.2, -0.15) is 0 Å². The molecular formula is C13H22N2O3S. The van der Waals surface area contributed by atoms with Gasteiger partial charge in [0.25, 0.3) is 0 Å². The van der Waals surface area contributed by atoms with E-state index in [-0.39, 0.29) is 5.75 Å². The van der Waals surface area contributed by atoms with Gasteiger partial charge in [-0.15, -0.1) is 0 Å².